The fourth-order valence-electron chi connectivity index (χ4n) is 1.96. The minimum absolute atomic E-state index is 0.212. The predicted octanol–water partition coefficient (Wildman–Crippen LogP) is 5.17. The van der Waals surface area contributed by atoms with Crippen molar-refractivity contribution in [2.75, 3.05) is 11.9 Å². The lowest BCUT2D eigenvalue weighted by molar-refractivity contribution is -0.111. The molecule has 0 saturated heterocycles. The van der Waals surface area contributed by atoms with Gasteiger partial charge in [0.1, 0.15) is 5.75 Å². The number of hydrogen-bond acceptors (Lipinski definition) is 2. The van der Waals surface area contributed by atoms with Gasteiger partial charge in [0.2, 0.25) is 5.91 Å². The lowest BCUT2D eigenvalue weighted by Gasteiger charge is -2.07. The van der Waals surface area contributed by atoms with Crippen molar-refractivity contribution in [2.45, 2.75) is 19.8 Å². The van der Waals surface area contributed by atoms with Crippen molar-refractivity contribution < 1.29 is 9.53 Å². The predicted molar refractivity (Wildman–Crippen MR) is 96.0 cm³/mol. The van der Waals surface area contributed by atoms with Gasteiger partial charge in [-0.2, -0.15) is 0 Å². The van der Waals surface area contributed by atoms with Crippen LogP contribution in [0.2, 0.25) is 5.02 Å². The molecule has 0 heterocycles. The molecule has 4 heteroatoms. The van der Waals surface area contributed by atoms with E-state index < -0.39 is 0 Å². The number of hydrogen-bond donors (Lipinski definition) is 1. The lowest BCUT2D eigenvalue weighted by atomic mass is 10.2. The summed E-state index contributed by atoms with van der Waals surface area (Å²) in [5, 5.41) is 3.43. The van der Waals surface area contributed by atoms with Gasteiger partial charge >= 0.3 is 0 Å². The molecule has 0 bridgehead atoms. The van der Waals surface area contributed by atoms with Crippen molar-refractivity contribution in [1.29, 1.82) is 0 Å². The minimum Gasteiger partial charge on any atom is -0.494 e. The quantitative estimate of drug-likeness (QED) is 0.562. The SMILES string of the molecule is CCCCOc1cccc(NC(=O)/C=C/c2ccccc2Cl)c1. The molecule has 3 nitrogen and oxygen atoms in total. The molecule has 0 aliphatic rings. The zero-order valence-corrected chi connectivity index (χ0v) is 13.8. The summed E-state index contributed by atoms with van der Waals surface area (Å²) in [5.41, 5.74) is 1.51. The highest BCUT2D eigenvalue weighted by molar-refractivity contribution is 6.32. The van der Waals surface area contributed by atoms with Gasteiger partial charge in [-0.25, -0.2) is 0 Å². The molecule has 1 N–H and O–H groups in total. The summed E-state index contributed by atoms with van der Waals surface area (Å²) in [6.45, 7) is 2.80. The third-order valence-electron chi connectivity index (χ3n) is 3.19. The zero-order valence-electron chi connectivity index (χ0n) is 13.1. The fraction of sp³-hybridized carbons (Fsp3) is 0.211. The molecule has 0 atom stereocenters. The van der Waals surface area contributed by atoms with Crippen LogP contribution in [0.1, 0.15) is 25.3 Å². The molecular formula is C19H20ClNO2. The second-order valence-corrected chi connectivity index (χ2v) is 5.48. The Morgan fingerprint density at radius 3 is 2.83 bits per heavy atom. The van der Waals surface area contributed by atoms with E-state index >= 15 is 0 Å². The molecule has 0 saturated carbocycles. The second kappa shape index (κ2) is 9.01. The topological polar surface area (TPSA) is 38.3 Å². The monoisotopic (exact) mass is 329 g/mol. The molecule has 120 valence electrons. The average molecular weight is 330 g/mol. The summed E-state index contributed by atoms with van der Waals surface area (Å²) in [5.74, 6) is 0.543. The van der Waals surface area contributed by atoms with E-state index in [1.807, 2.05) is 42.5 Å². The van der Waals surface area contributed by atoms with Crippen molar-refractivity contribution in [3.63, 3.8) is 0 Å². The molecule has 2 rings (SSSR count). The first kappa shape index (κ1) is 17.1. The van der Waals surface area contributed by atoms with Crippen molar-refractivity contribution >= 4 is 29.3 Å². The van der Waals surface area contributed by atoms with Gasteiger partial charge in [-0.3, -0.25) is 4.79 Å². The first-order valence-electron chi connectivity index (χ1n) is 7.65. The van der Waals surface area contributed by atoms with Crippen LogP contribution in [-0.4, -0.2) is 12.5 Å². The molecule has 0 fully saturated rings. The largest absolute Gasteiger partial charge is 0.494 e. The number of ether oxygens (including phenoxy) is 1. The van der Waals surface area contributed by atoms with Gasteiger partial charge in [-0.1, -0.05) is 49.2 Å². The van der Waals surface area contributed by atoms with Crippen LogP contribution < -0.4 is 10.1 Å². The van der Waals surface area contributed by atoms with Gasteiger partial charge in [0.15, 0.2) is 0 Å². The van der Waals surface area contributed by atoms with Crippen molar-refractivity contribution in [3.05, 3.63) is 65.2 Å². The van der Waals surface area contributed by atoms with Crippen molar-refractivity contribution in [2.24, 2.45) is 0 Å². The van der Waals surface area contributed by atoms with Crippen LogP contribution in [-0.2, 0) is 4.79 Å². The standard InChI is InChI=1S/C19H20ClNO2/c1-2-3-13-23-17-9-6-8-16(14-17)21-19(22)12-11-15-7-4-5-10-18(15)20/h4-12,14H,2-3,13H2,1H3,(H,21,22)/b12-11+. The van der Waals surface area contributed by atoms with E-state index in [0.29, 0.717) is 17.3 Å². The number of anilines is 1. The number of carbonyl (C=O) groups is 1. The first-order valence-corrected chi connectivity index (χ1v) is 8.03. The van der Waals surface area contributed by atoms with Crippen LogP contribution in [0.4, 0.5) is 5.69 Å². The van der Waals surface area contributed by atoms with Crippen molar-refractivity contribution in [1.82, 2.24) is 0 Å². The number of unbranched alkanes of at least 4 members (excludes halogenated alkanes) is 1. The van der Waals surface area contributed by atoms with Gasteiger partial charge < -0.3 is 10.1 Å². The summed E-state index contributed by atoms with van der Waals surface area (Å²) in [4.78, 5) is 12.0. The Morgan fingerprint density at radius 2 is 2.04 bits per heavy atom. The molecule has 2 aromatic carbocycles. The Labute approximate surface area is 141 Å². The molecule has 0 spiro atoms. The lowest BCUT2D eigenvalue weighted by Crippen LogP contribution is -2.08. The second-order valence-electron chi connectivity index (χ2n) is 5.07. The molecule has 2 aromatic rings. The minimum atomic E-state index is -0.212. The van der Waals surface area contributed by atoms with Crippen molar-refractivity contribution in [3.8, 4) is 5.75 Å². The van der Waals surface area contributed by atoms with E-state index in [1.165, 1.54) is 6.08 Å². The summed E-state index contributed by atoms with van der Waals surface area (Å²) in [7, 11) is 0. The summed E-state index contributed by atoms with van der Waals surface area (Å²) in [6, 6.07) is 14.7. The summed E-state index contributed by atoms with van der Waals surface area (Å²) in [6.07, 6.45) is 5.26. The smallest absolute Gasteiger partial charge is 0.248 e. The maximum absolute atomic E-state index is 12.0. The van der Waals surface area contributed by atoms with E-state index in [0.717, 1.165) is 24.2 Å². The van der Waals surface area contributed by atoms with E-state index in [1.54, 1.807) is 12.1 Å². The Kier molecular flexibility index (Phi) is 6.70. The average Bonchev–Trinajstić information content (AvgIpc) is 2.55. The number of benzene rings is 2. The molecular weight excluding hydrogens is 310 g/mol. The van der Waals surface area contributed by atoms with Crippen LogP contribution in [0.25, 0.3) is 6.08 Å². The molecule has 0 unspecified atom stereocenters. The van der Waals surface area contributed by atoms with Gasteiger partial charge in [0.05, 0.1) is 6.61 Å². The fourth-order valence-corrected chi connectivity index (χ4v) is 2.16. The van der Waals surface area contributed by atoms with Crippen LogP contribution in [0, 0.1) is 0 Å². The molecule has 0 aliphatic heterocycles. The molecule has 0 radical (unpaired) electrons. The zero-order chi connectivity index (χ0) is 16.5. The Morgan fingerprint density at radius 1 is 1.22 bits per heavy atom. The third kappa shape index (κ3) is 5.80. The van der Waals surface area contributed by atoms with Gasteiger partial charge in [-0.15, -0.1) is 0 Å². The normalized spacial score (nSPS) is 10.7. The highest BCUT2D eigenvalue weighted by atomic mass is 35.5. The molecule has 0 aliphatic carbocycles. The third-order valence-corrected chi connectivity index (χ3v) is 3.53. The number of amides is 1. The van der Waals surface area contributed by atoms with E-state index in [9.17, 15) is 4.79 Å². The van der Waals surface area contributed by atoms with Gasteiger partial charge in [0.25, 0.3) is 0 Å². The van der Waals surface area contributed by atoms with Crippen LogP contribution in [0.3, 0.4) is 0 Å². The highest BCUT2D eigenvalue weighted by Gasteiger charge is 2.01. The molecule has 23 heavy (non-hydrogen) atoms. The number of rotatable bonds is 7. The van der Waals surface area contributed by atoms with Gasteiger partial charge in [0, 0.05) is 22.9 Å². The van der Waals surface area contributed by atoms with Crippen LogP contribution >= 0.6 is 11.6 Å². The maximum atomic E-state index is 12.0. The van der Waals surface area contributed by atoms with Crippen LogP contribution in [0.15, 0.2) is 54.6 Å². The maximum Gasteiger partial charge on any atom is 0.248 e. The Hall–Kier alpha value is -2.26. The van der Waals surface area contributed by atoms with E-state index in [2.05, 4.69) is 12.2 Å². The highest BCUT2D eigenvalue weighted by Crippen LogP contribution is 2.19. The molecule has 0 aromatic heterocycles. The number of carbonyl (C=O) groups excluding carboxylic acids is 1. The van der Waals surface area contributed by atoms with Gasteiger partial charge in [-0.05, 0) is 36.3 Å². The number of halogens is 1. The van der Waals surface area contributed by atoms with E-state index in [4.69, 9.17) is 16.3 Å². The van der Waals surface area contributed by atoms with Crippen LogP contribution in [0.5, 0.6) is 5.75 Å². The first-order chi connectivity index (χ1) is 11.2. The number of nitrogens with one attached hydrogen (secondary N) is 1. The Bertz CT molecular complexity index is 683. The Balaban J connectivity index is 1.95. The summed E-state index contributed by atoms with van der Waals surface area (Å²) >= 11 is 6.05. The molecule has 1 amide bonds. The summed E-state index contributed by atoms with van der Waals surface area (Å²) < 4.78 is 5.63. The van der Waals surface area contributed by atoms with E-state index in [-0.39, 0.29) is 5.91 Å².